The van der Waals surface area contributed by atoms with Crippen molar-refractivity contribution in [2.24, 2.45) is 0 Å². The second-order valence-corrected chi connectivity index (χ2v) is 4.20. The summed E-state index contributed by atoms with van der Waals surface area (Å²) in [5.74, 6) is 0.548. The Hall–Kier alpha value is -1.16. The lowest BCUT2D eigenvalue weighted by Gasteiger charge is -1.91. The number of carbonyl (C=O) groups excluding carboxylic acids is 1. The third kappa shape index (κ3) is 0.951. The molecule has 0 saturated heterocycles. The second kappa shape index (κ2) is 2.42. The van der Waals surface area contributed by atoms with E-state index in [0.29, 0.717) is 5.92 Å². The molecule has 1 saturated carbocycles. The van der Waals surface area contributed by atoms with Crippen molar-refractivity contribution >= 4 is 22.6 Å². The second-order valence-electron chi connectivity index (χ2n) is 3.33. The average molecular weight is 192 g/mol. The number of rotatable bonds is 2. The summed E-state index contributed by atoms with van der Waals surface area (Å²) in [4.78, 5) is 16.3. The molecule has 66 valence electrons. The van der Waals surface area contributed by atoms with E-state index in [-0.39, 0.29) is 0 Å². The molecule has 0 N–H and O–H groups in total. The number of aromatic nitrogens is 2. The van der Waals surface area contributed by atoms with Gasteiger partial charge in [0.15, 0.2) is 11.2 Å². The van der Waals surface area contributed by atoms with Crippen molar-refractivity contribution in [1.82, 2.24) is 9.38 Å². The van der Waals surface area contributed by atoms with Crippen LogP contribution in [0, 0.1) is 0 Å². The summed E-state index contributed by atoms with van der Waals surface area (Å²) >= 11 is 1.58. The Morgan fingerprint density at radius 3 is 3.15 bits per heavy atom. The molecule has 1 fully saturated rings. The van der Waals surface area contributed by atoms with Crippen LogP contribution < -0.4 is 0 Å². The Kier molecular flexibility index (Phi) is 1.35. The SMILES string of the molecule is O=Cc1c(C2CC2)nc2sccn12. The summed E-state index contributed by atoms with van der Waals surface area (Å²) in [6.45, 7) is 0. The van der Waals surface area contributed by atoms with E-state index in [1.165, 1.54) is 12.8 Å². The zero-order chi connectivity index (χ0) is 8.84. The number of carbonyl (C=O) groups is 1. The molecule has 0 atom stereocenters. The third-order valence-corrected chi connectivity index (χ3v) is 3.16. The molecule has 4 heteroatoms. The fourth-order valence-electron chi connectivity index (χ4n) is 1.59. The summed E-state index contributed by atoms with van der Waals surface area (Å²) in [7, 11) is 0. The van der Waals surface area contributed by atoms with Gasteiger partial charge in [-0.05, 0) is 12.8 Å². The smallest absolute Gasteiger partial charge is 0.194 e. The maximum Gasteiger partial charge on any atom is 0.194 e. The molecule has 1 aliphatic carbocycles. The fourth-order valence-corrected chi connectivity index (χ4v) is 2.32. The van der Waals surface area contributed by atoms with Crippen LogP contribution >= 0.6 is 11.3 Å². The lowest BCUT2D eigenvalue weighted by molar-refractivity contribution is 0.111. The van der Waals surface area contributed by atoms with Gasteiger partial charge in [0, 0.05) is 17.5 Å². The zero-order valence-electron chi connectivity index (χ0n) is 6.93. The van der Waals surface area contributed by atoms with Gasteiger partial charge in [0.25, 0.3) is 0 Å². The van der Waals surface area contributed by atoms with E-state index in [9.17, 15) is 4.79 Å². The van der Waals surface area contributed by atoms with Crippen molar-refractivity contribution in [1.29, 1.82) is 0 Å². The lowest BCUT2D eigenvalue weighted by Crippen LogP contribution is -1.91. The molecule has 3 rings (SSSR count). The largest absolute Gasteiger partial charge is 0.296 e. The Morgan fingerprint density at radius 1 is 1.62 bits per heavy atom. The van der Waals surface area contributed by atoms with E-state index in [2.05, 4.69) is 4.98 Å². The highest BCUT2D eigenvalue weighted by atomic mass is 32.1. The first kappa shape index (κ1) is 7.26. The van der Waals surface area contributed by atoms with Crippen LogP contribution in [0.15, 0.2) is 11.6 Å². The summed E-state index contributed by atoms with van der Waals surface area (Å²) in [6, 6.07) is 0. The van der Waals surface area contributed by atoms with Crippen molar-refractivity contribution in [3.63, 3.8) is 0 Å². The minimum atomic E-state index is 0.548. The topological polar surface area (TPSA) is 34.4 Å². The molecule has 0 unspecified atom stereocenters. The normalized spacial score (nSPS) is 16.6. The lowest BCUT2D eigenvalue weighted by atomic mass is 10.2. The van der Waals surface area contributed by atoms with Gasteiger partial charge in [0.05, 0.1) is 5.69 Å². The Balaban J connectivity index is 2.31. The van der Waals surface area contributed by atoms with Crippen molar-refractivity contribution in [3.8, 4) is 0 Å². The van der Waals surface area contributed by atoms with Crippen molar-refractivity contribution in [3.05, 3.63) is 23.0 Å². The van der Waals surface area contributed by atoms with E-state index in [1.807, 2.05) is 16.0 Å². The van der Waals surface area contributed by atoms with Gasteiger partial charge in [-0.3, -0.25) is 9.20 Å². The zero-order valence-corrected chi connectivity index (χ0v) is 7.75. The molecule has 0 aromatic carbocycles. The first-order chi connectivity index (χ1) is 6.40. The van der Waals surface area contributed by atoms with Gasteiger partial charge < -0.3 is 0 Å². The summed E-state index contributed by atoms with van der Waals surface area (Å²) < 4.78 is 1.88. The molecule has 13 heavy (non-hydrogen) atoms. The van der Waals surface area contributed by atoms with Crippen LogP contribution in [0.2, 0.25) is 0 Å². The molecule has 2 heterocycles. The number of aldehydes is 1. The molecular formula is C9H8N2OS. The minimum absolute atomic E-state index is 0.548. The Bertz CT molecular complexity index is 467. The maximum atomic E-state index is 10.9. The predicted molar refractivity (Wildman–Crippen MR) is 50.4 cm³/mol. The summed E-state index contributed by atoms with van der Waals surface area (Å²) in [5.41, 5.74) is 1.75. The van der Waals surface area contributed by atoms with Gasteiger partial charge in [-0.1, -0.05) is 0 Å². The predicted octanol–water partition coefficient (Wildman–Crippen LogP) is 2.09. The van der Waals surface area contributed by atoms with E-state index in [1.54, 1.807) is 11.3 Å². The van der Waals surface area contributed by atoms with Crippen LogP contribution in [0.25, 0.3) is 4.96 Å². The first-order valence-electron chi connectivity index (χ1n) is 4.31. The van der Waals surface area contributed by atoms with E-state index < -0.39 is 0 Å². The Morgan fingerprint density at radius 2 is 2.46 bits per heavy atom. The molecular weight excluding hydrogens is 184 g/mol. The highest BCUT2D eigenvalue weighted by Crippen LogP contribution is 2.41. The number of fused-ring (bicyclic) bond motifs is 1. The van der Waals surface area contributed by atoms with Crippen LogP contribution in [0.3, 0.4) is 0 Å². The average Bonchev–Trinajstić information content (AvgIpc) is 2.76. The van der Waals surface area contributed by atoms with Gasteiger partial charge >= 0.3 is 0 Å². The number of thiazole rings is 1. The molecule has 0 bridgehead atoms. The molecule has 1 aliphatic rings. The number of hydrogen-bond donors (Lipinski definition) is 0. The third-order valence-electron chi connectivity index (χ3n) is 2.40. The first-order valence-corrected chi connectivity index (χ1v) is 5.18. The van der Waals surface area contributed by atoms with E-state index in [4.69, 9.17) is 0 Å². The molecule has 0 amide bonds. The van der Waals surface area contributed by atoms with Gasteiger partial charge in [-0.25, -0.2) is 4.98 Å². The quantitative estimate of drug-likeness (QED) is 0.683. The fraction of sp³-hybridized carbons (Fsp3) is 0.333. The van der Waals surface area contributed by atoms with Crippen LogP contribution in [0.5, 0.6) is 0 Å². The van der Waals surface area contributed by atoms with Crippen molar-refractivity contribution in [2.75, 3.05) is 0 Å². The monoisotopic (exact) mass is 192 g/mol. The highest BCUT2D eigenvalue weighted by molar-refractivity contribution is 7.15. The molecule has 2 aromatic rings. The standard InChI is InChI=1S/C9H8N2OS/c12-5-7-8(6-1-2-6)10-9-11(7)3-4-13-9/h3-6H,1-2H2. The molecule has 2 aromatic heterocycles. The summed E-state index contributed by atoms with van der Waals surface area (Å²) in [5, 5.41) is 1.95. The molecule has 3 nitrogen and oxygen atoms in total. The maximum absolute atomic E-state index is 10.9. The number of hydrogen-bond acceptors (Lipinski definition) is 3. The van der Waals surface area contributed by atoms with Gasteiger partial charge in [-0.2, -0.15) is 0 Å². The Labute approximate surface area is 79.0 Å². The molecule has 0 spiro atoms. The van der Waals surface area contributed by atoms with Gasteiger partial charge in [0.2, 0.25) is 0 Å². The number of imidazole rings is 1. The van der Waals surface area contributed by atoms with Crippen LogP contribution in [0.4, 0.5) is 0 Å². The van der Waals surface area contributed by atoms with Crippen LogP contribution in [-0.4, -0.2) is 15.7 Å². The van der Waals surface area contributed by atoms with E-state index >= 15 is 0 Å². The van der Waals surface area contributed by atoms with Crippen molar-refractivity contribution < 1.29 is 4.79 Å². The van der Waals surface area contributed by atoms with E-state index in [0.717, 1.165) is 22.6 Å². The van der Waals surface area contributed by atoms with Crippen molar-refractivity contribution in [2.45, 2.75) is 18.8 Å². The van der Waals surface area contributed by atoms with Crippen LogP contribution in [-0.2, 0) is 0 Å². The molecule has 0 aliphatic heterocycles. The minimum Gasteiger partial charge on any atom is -0.296 e. The van der Waals surface area contributed by atoms with Crippen LogP contribution in [0.1, 0.15) is 34.9 Å². The molecule has 0 radical (unpaired) electrons. The summed E-state index contributed by atoms with van der Waals surface area (Å²) in [6.07, 6.45) is 5.19. The highest BCUT2D eigenvalue weighted by Gasteiger charge is 2.30. The van der Waals surface area contributed by atoms with Gasteiger partial charge in [0.1, 0.15) is 5.69 Å². The number of nitrogens with zero attached hydrogens (tertiary/aromatic N) is 2. The van der Waals surface area contributed by atoms with Gasteiger partial charge in [-0.15, -0.1) is 11.3 Å².